The molecule has 6 heteroatoms. The normalized spacial score (nSPS) is 15.2. The Bertz CT molecular complexity index is 960. The average molecular weight is 474 g/mol. The molecule has 0 radical (unpaired) electrons. The van der Waals surface area contributed by atoms with E-state index in [-0.39, 0.29) is 12.5 Å². The SMILES string of the molecule is C#CCOc1c(Br)cc(Br)cc1/C=C1/C(=O)N(c2ccccc2)N=C1C. The number of para-hydroxylation sites is 1. The number of carbonyl (C=O) groups excluding carboxylic acids is 1. The molecule has 0 spiro atoms. The Morgan fingerprint density at radius 3 is 2.69 bits per heavy atom. The van der Waals surface area contributed by atoms with Gasteiger partial charge in [-0.3, -0.25) is 4.79 Å². The standard InChI is InChI=1S/C20H14Br2N2O2/c1-3-9-26-19-14(10-15(21)12-18(19)22)11-17-13(2)23-24(20(17)25)16-7-5-4-6-8-16/h1,4-8,10-12H,9H2,2H3/b17-11+. The number of halogens is 2. The van der Waals surface area contributed by atoms with Crippen molar-refractivity contribution in [3.8, 4) is 18.1 Å². The number of anilines is 1. The second-order valence-electron chi connectivity index (χ2n) is 5.49. The minimum absolute atomic E-state index is 0.133. The number of nitrogens with zero attached hydrogens (tertiary/aromatic N) is 2. The van der Waals surface area contributed by atoms with Gasteiger partial charge < -0.3 is 4.74 Å². The highest BCUT2D eigenvalue weighted by Gasteiger charge is 2.29. The number of hydrogen-bond acceptors (Lipinski definition) is 3. The van der Waals surface area contributed by atoms with Crippen molar-refractivity contribution in [3.63, 3.8) is 0 Å². The highest BCUT2D eigenvalue weighted by Crippen LogP contribution is 2.35. The molecule has 0 bridgehead atoms. The fourth-order valence-electron chi connectivity index (χ4n) is 2.54. The Kier molecular flexibility index (Phi) is 5.60. The summed E-state index contributed by atoms with van der Waals surface area (Å²) in [6.07, 6.45) is 7.07. The van der Waals surface area contributed by atoms with Crippen molar-refractivity contribution in [2.24, 2.45) is 5.10 Å². The van der Waals surface area contributed by atoms with Gasteiger partial charge in [-0.15, -0.1) is 6.42 Å². The molecule has 26 heavy (non-hydrogen) atoms. The lowest BCUT2D eigenvalue weighted by Gasteiger charge is -2.12. The molecule has 2 aromatic rings. The first-order chi connectivity index (χ1) is 12.5. The first-order valence-corrected chi connectivity index (χ1v) is 9.32. The van der Waals surface area contributed by atoms with Gasteiger partial charge in [-0.25, -0.2) is 0 Å². The Hall–Kier alpha value is -2.36. The number of carbonyl (C=O) groups is 1. The van der Waals surface area contributed by atoms with E-state index < -0.39 is 0 Å². The zero-order valence-electron chi connectivity index (χ0n) is 13.9. The molecular formula is C20H14Br2N2O2. The van der Waals surface area contributed by atoms with Crippen molar-refractivity contribution in [1.29, 1.82) is 0 Å². The number of benzene rings is 2. The van der Waals surface area contributed by atoms with Crippen molar-refractivity contribution >= 4 is 55.2 Å². The Labute approximate surface area is 168 Å². The molecule has 130 valence electrons. The number of hydrazone groups is 1. The van der Waals surface area contributed by atoms with E-state index in [9.17, 15) is 4.79 Å². The van der Waals surface area contributed by atoms with Crippen LogP contribution in [-0.2, 0) is 4.79 Å². The lowest BCUT2D eigenvalue weighted by Crippen LogP contribution is -2.21. The quantitative estimate of drug-likeness (QED) is 0.461. The zero-order chi connectivity index (χ0) is 18.7. The molecule has 1 aliphatic rings. The molecule has 0 aromatic heterocycles. The molecule has 3 rings (SSSR count). The molecule has 1 heterocycles. The molecule has 0 saturated carbocycles. The van der Waals surface area contributed by atoms with Crippen LogP contribution in [0.2, 0.25) is 0 Å². The van der Waals surface area contributed by atoms with Crippen LogP contribution in [0, 0.1) is 12.3 Å². The Morgan fingerprint density at radius 1 is 1.27 bits per heavy atom. The van der Waals surface area contributed by atoms with Crippen LogP contribution in [0.4, 0.5) is 5.69 Å². The molecule has 0 fully saturated rings. The summed E-state index contributed by atoms with van der Waals surface area (Å²) in [6, 6.07) is 13.0. The van der Waals surface area contributed by atoms with E-state index in [0.717, 1.165) is 20.2 Å². The highest BCUT2D eigenvalue weighted by molar-refractivity contribution is 9.11. The Balaban J connectivity index is 2.02. The van der Waals surface area contributed by atoms with E-state index in [1.807, 2.05) is 49.4 Å². The van der Waals surface area contributed by atoms with Crippen LogP contribution >= 0.6 is 31.9 Å². The summed E-state index contributed by atoms with van der Waals surface area (Å²) in [4.78, 5) is 12.9. The zero-order valence-corrected chi connectivity index (χ0v) is 17.0. The van der Waals surface area contributed by atoms with Crippen molar-refractivity contribution < 1.29 is 9.53 Å². The number of amides is 1. The number of terminal acetylenes is 1. The Morgan fingerprint density at radius 2 is 2.00 bits per heavy atom. The average Bonchev–Trinajstić information content (AvgIpc) is 2.90. The van der Waals surface area contributed by atoms with Gasteiger partial charge in [0.1, 0.15) is 12.4 Å². The number of hydrogen-bond donors (Lipinski definition) is 0. The highest BCUT2D eigenvalue weighted by atomic mass is 79.9. The largest absolute Gasteiger partial charge is 0.479 e. The second kappa shape index (κ2) is 7.90. The first kappa shape index (κ1) is 18.4. The minimum Gasteiger partial charge on any atom is -0.479 e. The fourth-order valence-corrected chi connectivity index (χ4v) is 3.91. The van der Waals surface area contributed by atoms with Gasteiger partial charge in [0.25, 0.3) is 5.91 Å². The summed E-state index contributed by atoms with van der Waals surface area (Å²) < 4.78 is 7.25. The number of rotatable bonds is 4. The molecule has 0 saturated heterocycles. The molecular weight excluding hydrogens is 460 g/mol. The van der Waals surface area contributed by atoms with Crippen molar-refractivity contribution in [1.82, 2.24) is 0 Å². The third kappa shape index (κ3) is 3.74. The summed E-state index contributed by atoms with van der Waals surface area (Å²) in [5.41, 5.74) is 2.59. The summed E-state index contributed by atoms with van der Waals surface area (Å²) in [5.74, 6) is 2.84. The van der Waals surface area contributed by atoms with Crippen molar-refractivity contribution in [3.05, 3.63) is 62.5 Å². The van der Waals surface area contributed by atoms with Gasteiger partial charge >= 0.3 is 0 Å². The third-order valence-electron chi connectivity index (χ3n) is 3.70. The second-order valence-corrected chi connectivity index (χ2v) is 7.26. The van der Waals surface area contributed by atoms with E-state index in [2.05, 4.69) is 42.9 Å². The molecule has 0 atom stereocenters. The first-order valence-electron chi connectivity index (χ1n) is 7.73. The van der Waals surface area contributed by atoms with Crippen LogP contribution < -0.4 is 9.75 Å². The van der Waals surface area contributed by atoms with Gasteiger partial charge in [0, 0.05) is 10.0 Å². The maximum atomic E-state index is 12.9. The lowest BCUT2D eigenvalue weighted by atomic mass is 10.1. The van der Waals surface area contributed by atoms with Gasteiger partial charge in [0.2, 0.25) is 0 Å². The smallest absolute Gasteiger partial charge is 0.280 e. The van der Waals surface area contributed by atoms with Crippen LogP contribution in [0.25, 0.3) is 6.08 Å². The van der Waals surface area contributed by atoms with E-state index >= 15 is 0 Å². The van der Waals surface area contributed by atoms with Gasteiger partial charge in [-0.1, -0.05) is 40.0 Å². The summed E-state index contributed by atoms with van der Waals surface area (Å²) in [6.45, 7) is 1.94. The van der Waals surface area contributed by atoms with Crippen LogP contribution in [0.3, 0.4) is 0 Å². The molecule has 1 amide bonds. The maximum absolute atomic E-state index is 12.9. The summed E-state index contributed by atoms with van der Waals surface area (Å²) in [7, 11) is 0. The molecule has 4 nitrogen and oxygen atoms in total. The predicted molar refractivity (Wildman–Crippen MR) is 111 cm³/mol. The molecule has 1 aliphatic heterocycles. The van der Waals surface area contributed by atoms with E-state index in [4.69, 9.17) is 11.2 Å². The third-order valence-corrected chi connectivity index (χ3v) is 4.75. The summed E-state index contributed by atoms with van der Waals surface area (Å²) in [5, 5.41) is 5.79. The minimum atomic E-state index is -0.187. The molecule has 0 N–H and O–H groups in total. The van der Waals surface area contributed by atoms with E-state index in [1.165, 1.54) is 5.01 Å². The van der Waals surface area contributed by atoms with Crippen LogP contribution in [0.5, 0.6) is 5.75 Å². The molecule has 0 unspecified atom stereocenters. The van der Waals surface area contributed by atoms with Crippen LogP contribution in [0.1, 0.15) is 12.5 Å². The molecule has 2 aromatic carbocycles. The van der Waals surface area contributed by atoms with Crippen LogP contribution in [0.15, 0.2) is 62.1 Å². The summed E-state index contributed by atoms with van der Waals surface area (Å²) >= 11 is 6.94. The number of ether oxygens (including phenoxy) is 1. The monoisotopic (exact) mass is 472 g/mol. The van der Waals surface area contributed by atoms with E-state index in [1.54, 1.807) is 6.08 Å². The predicted octanol–water partition coefficient (Wildman–Crippen LogP) is 5.03. The van der Waals surface area contributed by atoms with Gasteiger partial charge in [0.05, 0.1) is 21.4 Å². The lowest BCUT2D eigenvalue weighted by molar-refractivity contribution is -0.114. The maximum Gasteiger partial charge on any atom is 0.280 e. The van der Waals surface area contributed by atoms with Gasteiger partial charge in [-0.2, -0.15) is 10.1 Å². The van der Waals surface area contributed by atoms with Crippen molar-refractivity contribution in [2.75, 3.05) is 11.6 Å². The molecule has 0 aliphatic carbocycles. The topological polar surface area (TPSA) is 41.9 Å². The van der Waals surface area contributed by atoms with E-state index in [0.29, 0.717) is 17.0 Å². The van der Waals surface area contributed by atoms with Gasteiger partial charge in [0.15, 0.2) is 0 Å². The fraction of sp³-hybridized carbons (Fsp3) is 0.100. The van der Waals surface area contributed by atoms with Gasteiger partial charge in [-0.05, 0) is 53.2 Å². The van der Waals surface area contributed by atoms with Crippen LogP contribution in [-0.4, -0.2) is 18.2 Å². The van der Waals surface area contributed by atoms with Crippen molar-refractivity contribution in [2.45, 2.75) is 6.92 Å².